The van der Waals surface area contributed by atoms with Gasteiger partial charge in [0.25, 0.3) is 0 Å². The van der Waals surface area contributed by atoms with Gasteiger partial charge >= 0.3 is 6.15 Å². The molecule has 3 heterocycles. The Bertz CT molecular complexity index is 1520. The standard InChI is InChI=1S/C27H24N2O3.CO2.CH4/c1-17-4-7-20(27(30)31)23(14-17)26-21-8-5-18(28-10-2-11-28)15-24(21)32-25-16-19(6-9-22(25)26)29-12-3-13-29;2-1-3;/h4-9,14-16H,2-3,10-13H2,1H3;;1H4. The lowest BCUT2D eigenvalue weighted by atomic mass is 9.89. The Hall–Kier alpha value is -4.22. The highest BCUT2D eigenvalue weighted by atomic mass is 16.4. The third kappa shape index (κ3) is 4.41. The van der Waals surface area contributed by atoms with E-state index in [4.69, 9.17) is 14.0 Å². The van der Waals surface area contributed by atoms with Crippen LogP contribution in [-0.4, -0.2) is 38.3 Å². The van der Waals surface area contributed by atoms with Crippen molar-refractivity contribution in [3.63, 3.8) is 0 Å². The normalized spacial score (nSPS) is 14.1. The number of aromatic carboxylic acids is 1. The number of nitrogens with zero attached hydrogens (tertiary/aromatic N) is 2. The van der Waals surface area contributed by atoms with Crippen molar-refractivity contribution in [1.82, 2.24) is 4.58 Å². The van der Waals surface area contributed by atoms with Crippen LogP contribution in [0.15, 0.2) is 59.0 Å². The molecule has 0 bridgehead atoms. The van der Waals surface area contributed by atoms with Crippen LogP contribution in [0.5, 0.6) is 0 Å². The molecule has 2 aromatic rings. The van der Waals surface area contributed by atoms with E-state index in [1.54, 1.807) is 6.07 Å². The molecule has 0 aromatic heterocycles. The first-order valence-corrected chi connectivity index (χ1v) is 11.7. The number of benzene rings is 3. The van der Waals surface area contributed by atoms with Gasteiger partial charge < -0.3 is 19.2 Å². The minimum atomic E-state index is -1.17. The van der Waals surface area contributed by atoms with Crippen LogP contribution < -0.4 is 19.9 Å². The zero-order valence-electron chi connectivity index (χ0n) is 19.4. The van der Waals surface area contributed by atoms with Gasteiger partial charge in [-0.05, 0) is 37.1 Å². The summed E-state index contributed by atoms with van der Waals surface area (Å²) in [6.07, 6.45) is 2.66. The summed E-state index contributed by atoms with van der Waals surface area (Å²) >= 11 is 0. The van der Waals surface area contributed by atoms with Gasteiger partial charge in [-0.15, -0.1) is 0 Å². The highest BCUT2D eigenvalue weighted by Gasteiger charge is 2.23. The van der Waals surface area contributed by atoms with Crippen molar-refractivity contribution in [2.45, 2.75) is 27.2 Å². The molecule has 36 heavy (non-hydrogen) atoms. The molecule has 0 atom stereocenters. The molecule has 7 heteroatoms. The highest BCUT2D eigenvalue weighted by molar-refractivity contribution is 6.07. The van der Waals surface area contributed by atoms with E-state index >= 15 is 0 Å². The summed E-state index contributed by atoms with van der Waals surface area (Å²) in [5, 5.41) is 14.1. The van der Waals surface area contributed by atoms with Crippen LogP contribution in [0.4, 0.5) is 5.69 Å². The maximum Gasteiger partial charge on any atom is 0.373 e. The lowest BCUT2D eigenvalue weighted by Gasteiger charge is -2.33. The van der Waals surface area contributed by atoms with Gasteiger partial charge in [0.2, 0.25) is 5.36 Å². The fourth-order valence-corrected chi connectivity index (χ4v) is 4.74. The van der Waals surface area contributed by atoms with E-state index in [2.05, 4.69) is 45.9 Å². The average Bonchev–Trinajstić information content (AvgIpc) is 2.75. The van der Waals surface area contributed by atoms with Crippen LogP contribution in [0.1, 0.15) is 36.2 Å². The zero-order valence-corrected chi connectivity index (χ0v) is 19.4. The topological polar surface area (TPSA) is 93.7 Å². The van der Waals surface area contributed by atoms with Crippen molar-refractivity contribution in [3.05, 3.63) is 71.1 Å². The quantitative estimate of drug-likeness (QED) is 0.327. The summed E-state index contributed by atoms with van der Waals surface area (Å²) in [6.45, 7) is 6.19. The van der Waals surface area contributed by atoms with Gasteiger partial charge in [-0.3, -0.25) is 0 Å². The molecule has 0 saturated carbocycles. The molecule has 0 amide bonds. The fraction of sp³-hybridized carbons (Fsp3) is 0.276. The SMILES string of the molecule is C.Cc1ccc(C(=O)[O-])c(-c2c3ccc(=[N+]4CCC4)cc-3oc3cc(N4CCC4)ccc23)c1.O=C=O. The van der Waals surface area contributed by atoms with Gasteiger partial charge in [0, 0.05) is 53.0 Å². The van der Waals surface area contributed by atoms with Crippen LogP contribution in [0.25, 0.3) is 33.4 Å². The van der Waals surface area contributed by atoms with Crippen LogP contribution in [0.3, 0.4) is 0 Å². The number of carbonyl (C=O) groups excluding carboxylic acids is 3. The summed E-state index contributed by atoms with van der Waals surface area (Å²) in [5.41, 5.74) is 5.57. The molecule has 0 radical (unpaired) electrons. The Morgan fingerprint density at radius 2 is 1.72 bits per heavy atom. The predicted molar refractivity (Wildman–Crippen MR) is 136 cm³/mol. The van der Waals surface area contributed by atoms with Crippen molar-refractivity contribution in [1.29, 1.82) is 0 Å². The molecule has 4 aliphatic rings. The Kier molecular flexibility index (Phi) is 7.04. The van der Waals surface area contributed by atoms with Crippen LogP contribution in [-0.2, 0) is 9.59 Å². The number of hydrogen-bond acceptors (Lipinski definition) is 6. The van der Waals surface area contributed by atoms with Crippen molar-refractivity contribution in [2.24, 2.45) is 0 Å². The Morgan fingerprint density at radius 3 is 2.33 bits per heavy atom. The lowest BCUT2D eigenvalue weighted by molar-refractivity contribution is -0.255. The van der Waals surface area contributed by atoms with Crippen molar-refractivity contribution < 1.29 is 23.9 Å². The first-order valence-electron chi connectivity index (χ1n) is 11.7. The zero-order chi connectivity index (χ0) is 24.5. The molecule has 6 rings (SSSR count). The number of hydrogen-bond donors (Lipinski definition) is 0. The van der Waals surface area contributed by atoms with E-state index in [1.165, 1.54) is 12.8 Å². The molecule has 3 aliphatic heterocycles. The van der Waals surface area contributed by atoms with Gasteiger partial charge in [-0.2, -0.15) is 9.59 Å². The second kappa shape index (κ2) is 10.2. The van der Waals surface area contributed by atoms with Crippen LogP contribution >= 0.6 is 0 Å². The van der Waals surface area contributed by atoms with E-state index < -0.39 is 5.97 Å². The van der Waals surface area contributed by atoms with Crippen molar-refractivity contribution in [2.75, 3.05) is 31.1 Å². The summed E-state index contributed by atoms with van der Waals surface area (Å²) in [7, 11) is 0. The minimum absolute atomic E-state index is 0. The molecule has 2 aromatic carbocycles. The monoisotopic (exact) mass is 484 g/mol. The fourth-order valence-electron chi connectivity index (χ4n) is 4.74. The molecule has 1 aliphatic carbocycles. The highest BCUT2D eigenvalue weighted by Crippen LogP contribution is 2.42. The Morgan fingerprint density at radius 1 is 0.972 bits per heavy atom. The van der Waals surface area contributed by atoms with E-state index in [0.29, 0.717) is 5.56 Å². The molecule has 2 saturated heterocycles. The van der Waals surface area contributed by atoms with Gasteiger partial charge in [-0.1, -0.05) is 31.2 Å². The molecular formula is C29H28N2O5. The molecule has 7 nitrogen and oxygen atoms in total. The summed E-state index contributed by atoms with van der Waals surface area (Å²) in [5.74, 6) is -0.403. The average molecular weight is 485 g/mol. The van der Waals surface area contributed by atoms with E-state index in [-0.39, 0.29) is 19.1 Å². The number of carbonyl (C=O) groups is 1. The summed E-state index contributed by atoms with van der Waals surface area (Å²) in [6, 6.07) is 17.9. The number of anilines is 1. The third-order valence-corrected chi connectivity index (χ3v) is 6.80. The summed E-state index contributed by atoms with van der Waals surface area (Å²) < 4.78 is 8.77. The minimum Gasteiger partial charge on any atom is -0.545 e. The first-order chi connectivity index (χ1) is 17.0. The molecular weight excluding hydrogens is 456 g/mol. The smallest absolute Gasteiger partial charge is 0.373 e. The van der Waals surface area contributed by atoms with Crippen molar-refractivity contribution >= 4 is 28.8 Å². The van der Waals surface area contributed by atoms with E-state index in [1.807, 2.05) is 19.1 Å². The summed E-state index contributed by atoms with van der Waals surface area (Å²) in [4.78, 5) is 30.6. The van der Waals surface area contributed by atoms with Crippen LogP contribution in [0, 0.1) is 6.92 Å². The number of carboxylic acids is 1. The molecule has 0 spiro atoms. The van der Waals surface area contributed by atoms with Crippen LogP contribution in [0.2, 0.25) is 0 Å². The lowest BCUT2D eigenvalue weighted by Crippen LogP contribution is -2.40. The Labute approximate surface area is 209 Å². The van der Waals surface area contributed by atoms with Gasteiger partial charge in [0.15, 0.2) is 0 Å². The first kappa shape index (κ1) is 24.9. The second-order valence-corrected chi connectivity index (χ2v) is 8.94. The molecule has 0 N–H and O–H groups in total. The predicted octanol–water partition coefficient (Wildman–Crippen LogP) is 3.32. The van der Waals surface area contributed by atoms with E-state index in [0.717, 1.165) is 70.6 Å². The largest absolute Gasteiger partial charge is 0.545 e. The molecule has 2 fully saturated rings. The van der Waals surface area contributed by atoms with Gasteiger partial charge in [0.1, 0.15) is 24.4 Å². The second-order valence-electron chi connectivity index (χ2n) is 8.94. The number of aryl methyl sites for hydroxylation is 1. The maximum absolute atomic E-state index is 12.0. The number of rotatable bonds is 3. The van der Waals surface area contributed by atoms with Gasteiger partial charge in [-0.25, -0.2) is 4.58 Å². The number of fused-ring (bicyclic) bond motifs is 2. The van der Waals surface area contributed by atoms with E-state index in [9.17, 15) is 9.90 Å². The molecule has 184 valence electrons. The molecule has 0 unspecified atom stereocenters. The number of carboxylic acid groups (broad SMARTS) is 1. The maximum atomic E-state index is 12.0. The van der Waals surface area contributed by atoms with Crippen molar-refractivity contribution in [3.8, 4) is 22.5 Å². The third-order valence-electron chi connectivity index (χ3n) is 6.80. The Balaban J connectivity index is 0.000000726. The van der Waals surface area contributed by atoms with Gasteiger partial charge in [0.05, 0.1) is 18.5 Å².